The molecule has 1 aromatic carbocycles. The van der Waals surface area contributed by atoms with Gasteiger partial charge in [-0.3, -0.25) is 4.79 Å². The molecule has 1 amide bonds. The van der Waals surface area contributed by atoms with E-state index in [2.05, 4.69) is 11.4 Å². The van der Waals surface area contributed by atoms with Gasteiger partial charge in [-0.1, -0.05) is 12.1 Å². The molecule has 2 rings (SSSR count). The Morgan fingerprint density at radius 2 is 1.77 bits per heavy atom. The molecule has 1 N–H and O–H groups in total. The predicted molar refractivity (Wildman–Crippen MR) is 103 cm³/mol. The largest absolute Gasteiger partial charge is 0.449 e. The van der Waals surface area contributed by atoms with Crippen LogP contribution < -0.4 is 5.32 Å². The van der Waals surface area contributed by atoms with E-state index >= 15 is 0 Å². The smallest absolute Gasteiger partial charge is 0.340 e. The van der Waals surface area contributed by atoms with Gasteiger partial charge in [0.05, 0.1) is 5.56 Å². The Balaban J connectivity index is 2.23. The summed E-state index contributed by atoms with van der Waals surface area (Å²) >= 11 is 0. The quantitative estimate of drug-likeness (QED) is 0.846. The van der Waals surface area contributed by atoms with E-state index in [0.717, 1.165) is 22.6 Å². The topological polar surface area (TPSA) is 60.3 Å². The van der Waals surface area contributed by atoms with Crippen LogP contribution in [-0.2, 0) is 9.53 Å². The normalized spacial score (nSPS) is 12.6. The minimum Gasteiger partial charge on any atom is -0.449 e. The molecule has 26 heavy (non-hydrogen) atoms. The van der Waals surface area contributed by atoms with Crippen molar-refractivity contribution in [1.29, 1.82) is 0 Å². The van der Waals surface area contributed by atoms with E-state index in [1.807, 2.05) is 64.3 Å². The second-order valence-electron chi connectivity index (χ2n) is 7.75. The van der Waals surface area contributed by atoms with Gasteiger partial charge in [-0.05, 0) is 72.2 Å². The molecular weight excluding hydrogens is 328 g/mol. The van der Waals surface area contributed by atoms with Crippen LogP contribution in [0, 0.1) is 20.8 Å². The van der Waals surface area contributed by atoms with Gasteiger partial charge in [-0.25, -0.2) is 4.79 Å². The van der Waals surface area contributed by atoms with Crippen LogP contribution >= 0.6 is 0 Å². The van der Waals surface area contributed by atoms with Gasteiger partial charge in [0.2, 0.25) is 0 Å². The molecule has 5 nitrogen and oxygen atoms in total. The fourth-order valence-electron chi connectivity index (χ4n) is 2.88. The lowest BCUT2D eigenvalue weighted by atomic mass is 10.1. The summed E-state index contributed by atoms with van der Waals surface area (Å²) in [4.78, 5) is 24.7. The lowest BCUT2D eigenvalue weighted by Gasteiger charge is -2.23. The highest BCUT2D eigenvalue weighted by Gasteiger charge is 2.25. The maximum atomic E-state index is 12.6. The van der Waals surface area contributed by atoms with Crippen molar-refractivity contribution in [2.45, 2.75) is 60.1 Å². The lowest BCUT2D eigenvalue weighted by molar-refractivity contribution is -0.130. The molecule has 1 atom stereocenters. The van der Waals surface area contributed by atoms with Crippen molar-refractivity contribution in [2.75, 3.05) is 0 Å². The van der Waals surface area contributed by atoms with Crippen LogP contribution in [0.25, 0.3) is 5.69 Å². The average molecular weight is 356 g/mol. The molecule has 0 saturated carbocycles. The first kappa shape index (κ1) is 19.8. The number of carbonyl (C=O) groups is 2. The number of aromatic nitrogens is 1. The molecule has 1 aromatic heterocycles. The molecule has 0 aliphatic carbocycles. The Morgan fingerprint density at radius 3 is 2.35 bits per heavy atom. The van der Waals surface area contributed by atoms with Crippen LogP contribution in [0.3, 0.4) is 0 Å². The number of benzene rings is 1. The summed E-state index contributed by atoms with van der Waals surface area (Å²) in [5.41, 5.74) is 3.97. The second-order valence-corrected chi connectivity index (χ2v) is 7.75. The zero-order chi connectivity index (χ0) is 19.6. The maximum Gasteiger partial charge on any atom is 0.340 e. The number of nitrogens with one attached hydrogen (secondary N) is 1. The van der Waals surface area contributed by atoms with Crippen LogP contribution in [0.5, 0.6) is 0 Å². The Labute approximate surface area is 155 Å². The van der Waals surface area contributed by atoms with Crippen LogP contribution in [0.1, 0.15) is 55.0 Å². The van der Waals surface area contributed by atoms with Gasteiger partial charge in [0.15, 0.2) is 6.10 Å². The molecule has 1 heterocycles. The van der Waals surface area contributed by atoms with Gasteiger partial charge in [0.1, 0.15) is 0 Å². The first-order valence-corrected chi connectivity index (χ1v) is 8.78. The Morgan fingerprint density at radius 1 is 1.12 bits per heavy atom. The molecule has 1 unspecified atom stereocenters. The van der Waals surface area contributed by atoms with E-state index in [-0.39, 0.29) is 11.4 Å². The van der Waals surface area contributed by atoms with Crippen molar-refractivity contribution in [3.63, 3.8) is 0 Å². The van der Waals surface area contributed by atoms with Crippen LogP contribution in [-0.4, -0.2) is 28.1 Å². The Kier molecular flexibility index (Phi) is 5.59. The summed E-state index contributed by atoms with van der Waals surface area (Å²) in [5.74, 6) is -0.799. The summed E-state index contributed by atoms with van der Waals surface area (Å²) in [6, 6.07) is 9.88. The monoisotopic (exact) mass is 356 g/mol. The zero-order valence-corrected chi connectivity index (χ0v) is 16.6. The number of ether oxygens (including phenoxy) is 1. The molecular formula is C21H28N2O3. The highest BCUT2D eigenvalue weighted by Crippen LogP contribution is 2.22. The summed E-state index contributed by atoms with van der Waals surface area (Å²) in [5, 5.41) is 2.82. The van der Waals surface area contributed by atoms with E-state index < -0.39 is 12.1 Å². The SMILES string of the molecule is Cc1cccc(-n2c(C)cc(C(=O)OC(C)C(=O)NC(C)(C)C)c2C)c1. The molecule has 0 aliphatic rings. The van der Waals surface area contributed by atoms with Crippen molar-refractivity contribution in [1.82, 2.24) is 9.88 Å². The summed E-state index contributed by atoms with van der Waals surface area (Å²) in [6.07, 6.45) is -0.858. The number of rotatable bonds is 4. The summed E-state index contributed by atoms with van der Waals surface area (Å²) in [6.45, 7) is 13.1. The molecule has 0 saturated heterocycles. The summed E-state index contributed by atoms with van der Waals surface area (Å²) < 4.78 is 7.41. The van der Waals surface area contributed by atoms with Gasteiger partial charge in [-0.2, -0.15) is 0 Å². The van der Waals surface area contributed by atoms with Crippen LogP contribution in [0.15, 0.2) is 30.3 Å². The minimum absolute atomic E-state index is 0.307. The zero-order valence-electron chi connectivity index (χ0n) is 16.6. The third-order valence-electron chi connectivity index (χ3n) is 4.06. The minimum atomic E-state index is -0.858. The first-order valence-electron chi connectivity index (χ1n) is 8.78. The molecule has 0 spiro atoms. The van der Waals surface area contributed by atoms with Crippen molar-refractivity contribution in [2.24, 2.45) is 0 Å². The van der Waals surface area contributed by atoms with Crippen molar-refractivity contribution >= 4 is 11.9 Å². The average Bonchev–Trinajstić information content (AvgIpc) is 2.80. The molecule has 0 fully saturated rings. The highest BCUT2D eigenvalue weighted by molar-refractivity contribution is 5.93. The van der Waals surface area contributed by atoms with Gasteiger partial charge in [0, 0.05) is 22.6 Å². The van der Waals surface area contributed by atoms with E-state index in [9.17, 15) is 9.59 Å². The predicted octanol–water partition coefficient (Wildman–Crippen LogP) is 3.86. The van der Waals surface area contributed by atoms with Gasteiger partial charge in [-0.15, -0.1) is 0 Å². The first-order chi connectivity index (χ1) is 12.0. The van der Waals surface area contributed by atoms with E-state index in [1.165, 1.54) is 0 Å². The number of amides is 1. The molecule has 0 aliphatic heterocycles. The number of nitrogens with zero attached hydrogens (tertiary/aromatic N) is 1. The molecule has 2 aromatic rings. The van der Waals surface area contributed by atoms with Crippen molar-refractivity contribution < 1.29 is 14.3 Å². The Bertz CT molecular complexity index is 828. The fourth-order valence-corrected chi connectivity index (χ4v) is 2.88. The third-order valence-corrected chi connectivity index (χ3v) is 4.06. The molecule has 0 radical (unpaired) electrons. The van der Waals surface area contributed by atoms with Crippen molar-refractivity contribution in [3.8, 4) is 5.69 Å². The molecule has 0 bridgehead atoms. The van der Waals surface area contributed by atoms with Crippen LogP contribution in [0.4, 0.5) is 0 Å². The van der Waals surface area contributed by atoms with Gasteiger partial charge in [0.25, 0.3) is 5.91 Å². The second kappa shape index (κ2) is 7.36. The number of carbonyl (C=O) groups excluding carboxylic acids is 2. The van der Waals surface area contributed by atoms with Crippen LogP contribution in [0.2, 0.25) is 0 Å². The van der Waals surface area contributed by atoms with Gasteiger partial charge < -0.3 is 14.6 Å². The number of hydrogen-bond donors (Lipinski definition) is 1. The van der Waals surface area contributed by atoms with E-state index in [0.29, 0.717) is 5.56 Å². The third kappa shape index (κ3) is 4.54. The standard InChI is InChI=1S/C21H28N2O3/c1-13-9-8-10-17(11-13)23-14(2)12-18(15(23)3)20(25)26-16(4)19(24)22-21(5,6)7/h8-12,16H,1-7H3,(H,22,24). The van der Waals surface area contributed by atoms with E-state index in [1.54, 1.807) is 13.0 Å². The molecule has 140 valence electrons. The number of aryl methyl sites for hydroxylation is 2. The summed E-state index contributed by atoms with van der Waals surface area (Å²) in [7, 11) is 0. The highest BCUT2D eigenvalue weighted by atomic mass is 16.5. The number of esters is 1. The van der Waals surface area contributed by atoms with Crippen molar-refractivity contribution in [3.05, 3.63) is 52.8 Å². The Hall–Kier alpha value is -2.56. The van der Waals surface area contributed by atoms with Gasteiger partial charge >= 0.3 is 5.97 Å². The maximum absolute atomic E-state index is 12.6. The lowest BCUT2D eigenvalue weighted by Crippen LogP contribution is -2.46. The number of hydrogen-bond acceptors (Lipinski definition) is 3. The van der Waals surface area contributed by atoms with E-state index in [4.69, 9.17) is 4.74 Å². The fraction of sp³-hybridized carbons (Fsp3) is 0.429. The molecule has 5 heteroatoms.